The second kappa shape index (κ2) is 9.11. The molecule has 1 heterocycles. The zero-order valence-electron chi connectivity index (χ0n) is 15.6. The monoisotopic (exact) mass is 444 g/mol. The average molecular weight is 444 g/mol. The molecule has 2 aromatic carbocycles. The van der Waals surface area contributed by atoms with Crippen molar-refractivity contribution in [2.45, 2.75) is 12.2 Å². The van der Waals surface area contributed by atoms with Crippen LogP contribution in [0.1, 0.15) is 22.0 Å². The predicted molar refractivity (Wildman–Crippen MR) is 102 cm³/mol. The average Bonchev–Trinajstić information content (AvgIpc) is 2.69. The van der Waals surface area contributed by atoms with E-state index in [0.29, 0.717) is 5.56 Å². The van der Waals surface area contributed by atoms with Gasteiger partial charge in [-0.1, -0.05) is 12.1 Å². The van der Waals surface area contributed by atoms with E-state index in [0.717, 1.165) is 24.3 Å². The van der Waals surface area contributed by atoms with Gasteiger partial charge in [0.05, 0.1) is 0 Å². The van der Waals surface area contributed by atoms with E-state index in [1.165, 1.54) is 34.1 Å². The molecule has 1 saturated heterocycles. The Hall–Kier alpha value is -2.50. The quantitative estimate of drug-likeness (QED) is 0.568. The van der Waals surface area contributed by atoms with Crippen molar-refractivity contribution in [3.8, 4) is 0 Å². The Kier molecular flexibility index (Phi) is 6.74. The molecule has 1 N–H and O–H groups in total. The van der Waals surface area contributed by atoms with Crippen LogP contribution < -0.4 is 4.72 Å². The molecule has 1 aliphatic heterocycles. The first-order valence-electron chi connectivity index (χ1n) is 8.96. The lowest BCUT2D eigenvalue weighted by Crippen LogP contribution is -2.52. The molecule has 0 radical (unpaired) electrons. The Morgan fingerprint density at radius 3 is 2.07 bits per heavy atom. The summed E-state index contributed by atoms with van der Waals surface area (Å²) in [5, 5.41) is 0. The normalized spacial score (nSPS) is 17.4. The second-order valence-corrected chi connectivity index (χ2v) is 7.41. The summed E-state index contributed by atoms with van der Waals surface area (Å²) < 4.78 is 77.5. The van der Waals surface area contributed by atoms with Crippen LogP contribution in [0.4, 0.5) is 23.2 Å². The molecule has 162 valence electrons. The van der Waals surface area contributed by atoms with Gasteiger partial charge >= 0.3 is 6.18 Å². The molecule has 2 aromatic rings. The van der Waals surface area contributed by atoms with Gasteiger partial charge in [-0.15, -0.1) is 0 Å². The standard InChI is InChI=1S/C19H19F4N3O3S/c20-15-5-1-13(2-6-15)17(19(21,22)23)25-9-11-26(12-10-25)18(27)14-3-7-16(8-4-14)24-30(28)29/h1-8,17,24H,9-12H2,(H,28,29)/p-1. The molecular formula is C19H18F4N3O3S-. The van der Waals surface area contributed by atoms with Crippen LogP contribution in [0.15, 0.2) is 48.5 Å². The Bertz CT molecular complexity index is 899. The summed E-state index contributed by atoms with van der Waals surface area (Å²) in [6.45, 7) is 0.193. The van der Waals surface area contributed by atoms with Crippen LogP contribution in [0, 0.1) is 5.82 Å². The lowest BCUT2D eigenvalue weighted by molar-refractivity contribution is -0.189. The molecule has 0 spiro atoms. The number of nitrogens with one attached hydrogen (secondary N) is 1. The SMILES string of the molecule is O=C(c1ccc(NS(=O)[O-])cc1)N1CCN(C(c2ccc(F)cc2)C(F)(F)F)CC1. The van der Waals surface area contributed by atoms with Crippen LogP contribution in [0.25, 0.3) is 0 Å². The number of benzene rings is 2. The molecule has 30 heavy (non-hydrogen) atoms. The van der Waals surface area contributed by atoms with Gasteiger partial charge in [-0.25, -0.2) is 4.39 Å². The van der Waals surface area contributed by atoms with Crippen molar-refractivity contribution in [1.29, 1.82) is 0 Å². The van der Waals surface area contributed by atoms with Crippen molar-refractivity contribution in [2.75, 3.05) is 30.9 Å². The molecule has 0 saturated carbocycles. The van der Waals surface area contributed by atoms with Crippen LogP contribution in [0.5, 0.6) is 0 Å². The van der Waals surface area contributed by atoms with Gasteiger partial charge in [-0.05, 0) is 42.0 Å². The fourth-order valence-corrected chi connectivity index (χ4v) is 3.72. The third-order valence-electron chi connectivity index (χ3n) is 4.80. The maximum atomic E-state index is 13.7. The topological polar surface area (TPSA) is 75.7 Å². The Labute approximate surface area is 172 Å². The molecule has 0 bridgehead atoms. The molecule has 1 aliphatic rings. The number of rotatable bonds is 5. The van der Waals surface area contributed by atoms with Gasteiger partial charge in [-0.3, -0.25) is 13.9 Å². The van der Waals surface area contributed by atoms with Crippen molar-refractivity contribution in [3.63, 3.8) is 0 Å². The summed E-state index contributed by atoms with van der Waals surface area (Å²) in [5.74, 6) is -0.965. The molecule has 0 aliphatic carbocycles. The van der Waals surface area contributed by atoms with E-state index in [9.17, 15) is 31.1 Å². The maximum Gasteiger partial charge on any atom is 0.408 e. The predicted octanol–water partition coefficient (Wildman–Crippen LogP) is 3.09. The smallest absolute Gasteiger partial charge is 0.408 e. The summed E-state index contributed by atoms with van der Waals surface area (Å²) in [6, 6.07) is 8.09. The maximum absolute atomic E-state index is 13.7. The van der Waals surface area contributed by atoms with Gasteiger partial charge in [-0.2, -0.15) is 13.2 Å². The summed E-state index contributed by atoms with van der Waals surface area (Å²) in [4.78, 5) is 15.3. The van der Waals surface area contributed by atoms with E-state index >= 15 is 0 Å². The zero-order chi connectivity index (χ0) is 21.9. The Morgan fingerprint density at radius 1 is 1.00 bits per heavy atom. The first kappa shape index (κ1) is 22.2. The minimum absolute atomic E-state index is 0.00208. The first-order chi connectivity index (χ1) is 14.1. The van der Waals surface area contributed by atoms with Crippen LogP contribution in [-0.2, 0) is 11.3 Å². The lowest BCUT2D eigenvalue weighted by Gasteiger charge is -2.40. The van der Waals surface area contributed by atoms with E-state index in [4.69, 9.17) is 0 Å². The number of carbonyl (C=O) groups excluding carboxylic acids is 1. The number of amides is 1. The molecule has 1 amide bonds. The van der Waals surface area contributed by atoms with Crippen LogP contribution in [0.3, 0.4) is 0 Å². The van der Waals surface area contributed by atoms with Crippen molar-refractivity contribution < 1.29 is 31.1 Å². The van der Waals surface area contributed by atoms with Gasteiger partial charge < -0.3 is 14.2 Å². The minimum atomic E-state index is -4.55. The van der Waals surface area contributed by atoms with Crippen molar-refractivity contribution >= 4 is 22.9 Å². The number of nitrogens with zero attached hydrogens (tertiary/aromatic N) is 2. The molecule has 2 unspecified atom stereocenters. The Balaban J connectivity index is 1.67. The molecule has 11 heteroatoms. The van der Waals surface area contributed by atoms with E-state index in [2.05, 4.69) is 4.72 Å². The van der Waals surface area contributed by atoms with Gasteiger partial charge in [0.1, 0.15) is 11.9 Å². The number of piperazine rings is 1. The largest absolute Gasteiger partial charge is 0.755 e. The van der Waals surface area contributed by atoms with E-state index in [-0.39, 0.29) is 43.3 Å². The Morgan fingerprint density at radius 2 is 1.57 bits per heavy atom. The van der Waals surface area contributed by atoms with Crippen LogP contribution in [-0.4, -0.2) is 56.8 Å². The fraction of sp³-hybridized carbons (Fsp3) is 0.316. The summed E-state index contributed by atoms with van der Waals surface area (Å²) in [5.41, 5.74) is 0.538. The highest BCUT2D eigenvalue weighted by molar-refractivity contribution is 7.80. The van der Waals surface area contributed by atoms with E-state index in [1.807, 2.05) is 0 Å². The highest BCUT2D eigenvalue weighted by Crippen LogP contribution is 2.38. The van der Waals surface area contributed by atoms with Gasteiger partial charge in [0.15, 0.2) is 0 Å². The summed E-state index contributed by atoms with van der Waals surface area (Å²) in [7, 11) is 0. The minimum Gasteiger partial charge on any atom is -0.755 e. The number of carbonyl (C=O) groups is 1. The first-order valence-corrected chi connectivity index (χ1v) is 10.0. The number of hydrogen-bond acceptors (Lipinski definition) is 4. The number of alkyl halides is 3. The second-order valence-electron chi connectivity index (χ2n) is 6.74. The summed E-state index contributed by atoms with van der Waals surface area (Å²) in [6.07, 6.45) is -4.55. The molecule has 3 rings (SSSR count). The third-order valence-corrected chi connectivity index (χ3v) is 5.20. The molecule has 1 fully saturated rings. The molecule has 2 atom stereocenters. The van der Waals surface area contributed by atoms with Gasteiger partial charge in [0, 0.05) is 48.7 Å². The zero-order valence-corrected chi connectivity index (χ0v) is 16.4. The highest BCUT2D eigenvalue weighted by atomic mass is 32.2. The number of anilines is 1. The van der Waals surface area contributed by atoms with Crippen LogP contribution >= 0.6 is 0 Å². The molecule has 0 aromatic heterocycles. The lowest BCUT2D eigenvalue weighted by atomic mass is 10.0. The van der Waals surface area contributed by atoms with Crippen molar-refractivity contribution in [2.24, 2.45) is 0 Å². The van der Waals surface area contributed by atoms with E-state index in [1.54, 1.807) is 0 Å². The van der Waals surface area contributed by atoms with E-state index < -0.39 is 29.3 Å². The fourth-order valence-electron chi connectivity index (χ4n) is 3.39. The summed E-state index contributed by atoms with van der Waals surface area (Å²) >= 11 is -2.48. The number of hydrogen-bond donors (Lipinski definition) is 1. The highest BCUT2D eigenvalue weighted by Gasteiger charge is 2.45. The van der Waals surface area contributed by atoms with Gasteiger partial charge in [0.2, 0.25) is 0 Å². The molecular weight excluding hydrogens is 426 g/mol. The third kappa shape index (κ3) is 5.35. The number of halogens is 4. The van der Waals surface area contributed by atoms with Gasteiger partial charge in [0.25, 0.3) is 5.91 Å². The van der Waals surface area contributed by atoms with Crippen molar-refractivity contribution in [1.82, 2.24) is 9.80 Å². The molecule has 6 nitrogen and oxygen atoms in total. The van der Waals surface area contributed by atoms with Crippen LogP contribution in [0.2, 0.25) is 0 Å². The van der Waals surface area contributed by atoms with Crippen molar-refractivity contribution in [3.05, 3.63) is 65.5 Å².